The van der Waals surface area contributed by atoms with Gasteiger partial charge in [0.05, 0.1) is 0 Å². The van der Waals surface area contributed by atoms with Crippen molar-refractivity contribution in [1.29, 1.82) is 0 Å². The number of rotatable bonds is 8. The summed E-state index contributed by atoms with van der Waals surface area (Å²) >= 11 is 0. The van der Waals surface area contributed by atoms with Gasteiger partial charge in [0.2, 0.25) is 0 Å². The van der Waals surface area contributed by atoms with Crippen molar-refractivity contribution < 1.29 is 65.4 Å². The summed E-state index contributed by atoms with van der Waals surface area (Å²) in [6.45, 7) is 25.6. The molecule has 0 saturated heterocycles. The molecule has 0 saturated carbocycles. The monoisotopic (exact) mass is 838 g/mol. The smallest absolute Gasteiger partial charge is 0.0404 e. The molecule has 0 aromatic heterocycles. The van der Waals surface area contributed by atoms with Crippen LogP contribution in [0.25, 0.3) is 20.9 Å². The van der Waals surface area contributed by atoms with E-state index in [1.807, 2.05) is 50.2 Å². The van der Waals surface area contributed by atoms with Gasteiger partial charge in [0, 0.05) is 86.6 Å². The van der Waals surface area contributed by atoms with Crippen molar-refractivity contribution in [3.8, 4) is 0 Å². The first-order valence-electron chi connectivity index (χ1n) is 16.9. The first kappa shape index (κ1) is 53.1. The molecule has 0 spiro atoms. The normalized spacial score (nSPS) is 9.57. The maximum atomic E-state index is 8.32. The fraction of sp³-hybridized carbons (Fsp3) is 0.442. The second-order valence-corrected chi connectivity index (χ2v) is 13.7. The van der Waals surface area contributed by atoms with Gasteiger partial charge < -0.3 is 0 Å². The van der Waals surface area contributed by atoms with Gasteiger partial charge in [-0.15, -0.1) is 0 Å². The molecule has 0 heterocycles. The van der Waals surface area contributed by atoms with Gasteiger partial charge in [-0.2, -0.15) is 70.8 Å². The Labute approximate surface area is 361 Å². The molecule has 4 aromatic rings. The summed E-state index contributed by atoms with van der Waals surface area (Å²) in [4.78, 5) is 5.55. The van der Waals surface area contributed by atoms with Crippen LogP contribution < -0.4 is 0 Å². The number of benzene rings is 4. The van der Waals surface area contributed by atoms with E-state index < -0.39 is 0 Å². The van der Waals surface area contributed by atoms with Crippen LogP contribution in [0.1, 0.15) is 119 Å². The SMILES string of the molecule is C.Cc1[c-]ccc(C(C)C)c1.Cc1[c-]ccc(CC(C)C)c1.Cc1cc(C(C)C)ccc1N=[N+]=[N-].Cc1cc(CC(C)C)ccc1N=[N+]=[N-].[Y].[Y]. The average molecular weight is 839 g/mol. The third kappa shape index (κ3) is 23.1. The Morgan fingerprint density at radius 2 is 0.961 bits per heavy atom. The minimum atomic E-state index is 0. The fourth-order valence-electron chi connectivity index (χ4n) is 4.89. The van der Waals surface area contributed by atoms with E-state index in [4.69, 9.17) is 11.1 Å². The number of azide groups is 2. The molecule has 0 fully saturated rings. The Morgan fingerprint density at radius 3 is 1.33 bits per heavy atom. The topological polar surface area (TPSA) is 97.5 Å². The molecule has 4 aromatic carbocycles. The maximum absolute atomic E-state index is 8.32. The van der Waals surface area contributed by atoms with E-state index in [2.05, 4.69) is 138 Å². The molecule has 0 amide bonds. The van der Waals surface area contributed by atoms with Gasteiger partial charge in [0.15, 0.2) is 0 Å². The van der Waals surface area contributed by atoms with Crippen LogP contribution in [0.5, 0.6) is 0 Å². The van der Waals surface area contributed by atoms with Crippen LogP contribution in [0.4, 0.5) is 11.4 Å². The first-order chi connectivity index (χ1) is 22.7. The van der Waals surface area contributed by atoms with Crippen molar-refractivity contribution in [3.05, 3.63) is 150 Å². The summed E-state index contributed by atoms with van der Waals surface area (Å²) < 4.78 is 0. The molecule has 2 radical (unpaired) electrons. The zero-order valence-electron chi connectivity index (χ0n) is 32.5. The molecule has 0 aliphatic heterocycles. The van der Waals surface area contributed by atoms with Crippen molar-refractivity contribution in [2.75, 3.05) is 0 Å². The van der Waals surface area contributed by atoms with E-state index in [-0.39, 0.29) is 72.8 Å². The number of hydrogen-bond donors (Lipinski definition) is 0. The third-order valence-electron chi connectivity index (χ3n) is 7.39. The van der Waals surface area contributed by atoms with Gasteiger partial charge in [-0.05, 0) is 83.7 Å². The molecule has 4 rings (SSSR count). The van der Waals surface area contributed by atoms with Crippen LogP contribution in [-0.4, -0.2) is 0 Å². The third-order valence-corrected chi connectivity index (χ3v) is 7.39. The van der Waals surface area contributed by atoms with Gasteiger partial charge in [-0.3, -0.25) is 0 Å². The molecule has 0 unspecified atom stereocenters. The van der Waals surface area contributed by atoms with Gasteiger partial charge in [-0.1, -0.05) is 123 Å². The summed E-state index contributed by atoms with van der Waals surface area (Å²) in [5, 5.41) is 7.19. The molecule has 8 heteroatoms. The zero-order chi connectivity index (χ0) is 36.2. The van der Waals surface area contributed by atoms with Crippen molar-refractivity contribution in [3.63, 3.8) is 0 Å². The standard InChI is InChI=1S/C11H15N3.C11H15.C10H13N3.C10H13.CH4.2Y/c1-8(2)6-10-4-5-11(13-14-12)9(3)7-10;1-9(2)7-11-6-4-5-10(3)8-11;1-7(2)9-4-5-10(12-13-11)8(3)6-9;1-8(2)10-6-4-5-9(3)7-10;;;/h4-5,7-8H,6H2,1-3H3;4,6,8-9H,7H2,1-3H3;4-7H,1-3H3;4,6-8H,1-3H3;1H4;;/q;-1;;-1;;;. The minimum absolute atomic E-state index is 0. The summed E-state index contributed by atoms with van der Waals surface area (Å²) in [5.41, 5.74) is 28.0. The van der Waals surface area contributed by atoms with Crippen LogP contribution >= 0.6 is 0 Å². The van der Waals surface area contributed by atoms with Crippen molar-refractivity contribution in [2.45, 2.75) is 115 Å². The van der Waals surface area contributed by atoms with Gasteiger partial charge in [-0.25, -0.2) is 0 Å². The van der Waals surface area contributed by atoms with Crippen LogP contribution in [-0.2, 0) is 78.3 Å². The molecule has 0 aliphatic rings. The Balaban J connectivity index is -0.000000595. The number of hydrogen-bond acceptors (Lipinski definition) is 2. The quantitative estimate of drug-likeness (QED) is 0.0731. The Hall–Kier alpha value is -2.29. The average Bonchev–Trinajstić information content (AvgIpc) is 3.00. The van der Waals surface area contributed by atoms with E-state index in [9.17, 15) is 0 Å². The molecular formula is C43H60N6Y2-2. The van der Waals surface area contributed by atoms with Crippen molar-refractivity contribution in [2.24, 2.45) is 22.1 Å². The van der Waals surface area contributed by atoms with Gasteiger partial charge in [0.25, 0.3) is 0 Å². The van der Waals surface area contributed by atoms with E-state index in [1.54, 1.807) is 0 Å². The molecule has 0 bridgehead atoms. The molecule has 270 valence electrons. The zero-order valence-corrected chi connectivity index (χ0v) is 38.2. The molecule has 6 nitrogen and oxygen atoms in total. The van der Waals surface area contributed by atoms with Crippen LogP contribution in [0, 0.1) is 51.7 Å². The Bertz CT molecular complexity index is 1650. The predicted octanol–water partition coefficient (Wildman–Crippen LogP) is 14.7. The molecule has 51 heavy (non-hydrogen) atoms. The summed E-state index contributed by atoms with van der Waals surface area (Å²) in [7, 11) is 0. The van der Waals surface area contributed by atoms with E-state index >= 15 is 0 Å². The van der Waals surface area contributed by atoms with Gasteiger partial charge >= 0.3 is 0 Å². The number of aryl methyl sites for hydroxylation is 4. The fourth-order valence-corrected chi connectivity index (χ4v) is 4.89. The van der Waals surface area contributed by atoms with Crippen LogP contribution in [0.3, 0.4) is 0 Å². The molecule has 0 N–H and O–H groups in total. The van der Waals surface area contributed by atoms with Crippen molar-refractivity contribution >= 4 is 11.4 Å². The minimum Gasteiger partial charge on any atom is -0.181 e. The maximum Gasteiger partial charge on any atom is 0.0404 e. The second-order valence-electron chi connectivity index (χ2n) is 13.7. The molecule has 0 atom stereocenters. The van der Waals surface area contributed by atoms with E-state index in [0.29, 0.717) is 23.4 Å². The summed E-state index contributed by atoms with van der Waals surface area (Å²) in [5.74, 6) is 2.55. The summed E-state index contributed by atoms with van der Waals surface area (Å²) in [6.07, 6.45) is 2.24. The number of nitrogens with zero attached hydrogens (tertiary/aromatic N) is 6. The van der Waals surface area contributed by atoms with Crippen LogP contribution in [0.2, 0.25) is 0 Å². The van der Waals surface area contributed by atoms with E-state index in [0.717, 1.165) is 29.2 Å². The first-order valence-corrected chi connectivity index (χ1v) is 16.9. The molecule has 0 aliphatic carbocycles. The predicted molar refractivity (Wildman–Crippen MR) is 212 cm³/mol. The largest absolute Gasteiger partial charge is 0.181 e. The van der Waals surface area contributed by atoms with Crippen molar-refractivity contribution in [1.82, 2.24) is 0 Å². The Morgan fingerprint density at radius 1 is 0.549 bits per heavy atom. The van der Waals surface area contributed by atoms with E-state index in [1.165, 1.54) is 39.8 Å². The summed E-state index contributed by atoms with van der Waals surface area (Å²) in [6, 6.07) is 30.9. The van der Waals surface area contributed by atoms with Crippen LogP contribution in [0.15, 0.2) is 83.0 Å². The Kier molecular flexibility index (Phi) is 30.4. The second kappa shape index (κ2) is 29.2. The molecular weight excluding hydrogens is 778 g/mol. The van der Waals surface area contributed by atoms with Gasteiger partial charge in [0.1, 0.15) is 0 Å².